The minimum absolute atomic E-state index is 0.0773. The van der Waals surface area contributed by atoms with Gasteiger partial charge in [0.1, 0.15) is 19.0 Å². The lowest BCUT2D eigenvalue weighted by atomic mass is 9.86. The molecule has 1 saturated carbocycles. The van der Waals surface area contributed by atoms with Crippen molar-refractivity contribution < 1.29 is 23.4 Å². The molecular formula is C18H34O5Si. The fourth-order valence-electron chi connectivity index (χ4n) is 3.00. The molecular weight excluding hydrogens is 324 g/mol. The van der Waals surface area contributed by atoms with Gasteiger partial charge < -0.3 is 23.4 Å². The summed E-state index contributed by atoms with van der Waals surface area (Å²) in [5.41, 5.74) is 0.965. The highest BCUT2D eigenvalue weighted by Crippen LogP contribution is 2.44. The molecule has 2 aliphatic rings. The van der Waals surface area contributed by atoms with Gasteiger partial charge in [-0.05, 0) is 37.6 Å². The Morgan fingerprint density at radius 2 is 1.88 bits per heavy atom. The maximum absolute atomic E-state index is 6.63. The zero-order chi connectivity index (χ0) is 18.3. The van der Waals surface area contributed by atoms with Crippen LogP contribution in [0.25, 0.3) is 0 Å². The number of fused-ring (bicyclic) bond motifs is 1. The summed E-state index contributed by atoms with van der Waals surface area (Å²) in [6, 6.07) is 0. The smallest absolute Gasteiger partial charge is 0.192 e. The predicted octanol–water partition coefficient (Wildman–Crippen LogP) is 3.85. The van der Waals surface area contributed by atoms with Crippen LogP contribution in [0, 0.1) is 0 Å². The lowest BCUT2D eigenvalue weighted by molar-refractivity contribution is -0.171. The molecule has 0 spiro atoms. The van der Waals surface area contributed by atoms with Crippen LogP contribution in [0.15, 0.2) is 12.2 Å². The first-order valence-electron chi connectivity index (χ1n) is 8.70. The Balaban J connectivity index is 2.20. The van der Waals surface area contributed by atoms with Gasteiger partial charge >= 0.3 is 0 Å². The summed E-state index contributed by atoms with van der Waals surface area (Å²) in [7, 11) is -0.295. The first-order chi connectivity index (χ1) is 10.9. The van der Waals surface area contributed by atoms with Crippen molar-refractivity contribution in [2.24, 2.45) is 0 Å². The van der Waals surface area contributed by atoms with E-state index in [0.29, 0.717) is 0 Å². The van der Waals surface area contributed by atoms with Crippen LogP contribution >= 0.6 is 0 Å². The van der Waals surface area contributed by atoms with Gasteiger partial charge in [-0.2, -0.15) is 0 Å². The third-order valence-corrected chi connectivity index (χ3v) is 9.85. The predicted molar refractivity (Wildman–Crippen MR) is 96.4 cm³/mol. The Bertz CT molecular complexity index is 469. The van der Waals surface area contributed by atoms with Crippen LogP contribution in [0.3, 0.4) is 0 Å². The van der Waals surface area contributed by atoms with Crippen molar-refractivity contribution in [2.75, 3.05) is 13.9 Å². The summed E-state index contributed by atoms with van der Waals surface area (Å²) in [5, 5.41) is 0.138. The van der Waals surface area contributed by atoms with Gasteiger partial charge in [0.25, 0.3) is 0 Å². The molecule has 1 aliphatic heterocycles. The second-order valence-corrected chi connectivity index (χ2v) is 13.6. The Hall–Kier alpha value is -0.243. The molecule has 4 atom stereocenters. The number of rotatable bonds is 5. The molecule has 2 fully saturated rings. The number of ether oxygens (including phenoxy) is 4. The summed E-state index contributed by atoms with van der Waals surface area (Å²) < 4.78 is 29.8. The van der Waals surface area contributed by atoms with Crippen molar-refractivity contribution in [3.63, 3.8) is 0 Å². The van der Waals surface area contributed by atoms with Crippen LogP contribution < -0.4 is 0 Å². The lowest BCUT2D eigenvalue weighted by Gasteiger charge is -2.44. The molecule has 0 bridgehead atoms. The number of hydrogen-bond acceptors (Lipinski definition) is 5. The summed E-state index contributed by atoms with van der Waals surface area (Å²) in [6.45, 7) is 19.6. The summed E-state index contributed by atoms with van der Waals surface area (Å²) in [5.74, 6) is -0.640. The van der Waals surface area contributed by atoms with Gasteiger partial charge in [-0.1, -0.05) is 27.4 Å². The standard InChI is InChI=1S/C18H34O5Si/c1-12-13(23-24(8,9)17(2,3)4)10-14(20-11-19-7)16-15(12)21-18(5,6)22-16/h13-16H,1,10-11H2,2-9H3/t13-,14-,15+,16-/m0/s1. The van der Waals surface area contributed by atoms with E-state index in [2.05, 4.69) is 40.4 Å². The molecule has 0 N–H and O–H groups in total. The van der Waals surface area contributed by atoms with Gasteiger partial charge in [0.2, 0.25) is 0 Å². The fourth-order valence-corrected chi connectivity index (χ4v) is 4.31. The van der Waals surface area contributed by atoms with Crippen molar-refractivity contribution in [3.05, 3.63) is 12.2 Å². The Labute approximate surface area is 147 Å². The average molecular weight is 359 g/mol. The van der Waals surface area contributed by atoms with Crippen molar-refractivity contribution in [3.8, 4) is 0 Å². The third kappa shape index (κ3) is 4.11. The number of methoxy groups -OCH3 is 1. The van der Waals surface area contributed by atoms with Gasteiger partial charge in [-0.25, -0.2) is 0 Å². The Kier molecular flexibility index (Phi) is 5.70. The van der Waals surface area contributed by atoms with E-state index in [0.717, 1.165) is 12.0 Å². The first-order valence-corrected chi connectivity index (χ1v) is 11.6. The molecule has 0 aromatic carbocycles. The quantitative estimate of drug-likeness (QED) is 0.424. The highest BCUT2D eigenvalue weighted by atomic mass is 28.4. The van der Waals surface area contributed by atoms with E-state index in [9.17, 15) is 0 Å². The maximum Gasteiger partial charge on any atom is 0.192 e. The molecule has 1 heterocycles. The van der Waals surface area contributed by atoms with E-state index in [4.69, 9.17) is 23.4 Å². The highest BCUT2D eigenvalue weighted by molar-refractivity contribution is 6.74. The van der Waals surface area contributed by atoms with Crippen LogP contribution in [-0.2, 0) is 23.4 Å². The highest BCUT2D eigenvalue weighted by Gasteiger charge is 2.53. The van der Waals surface area contributed by atoms with Crippen LogP contribution in [0.5, 0.6) is 0 Å². The van der Waals surface area contributed by atoms with Gasteiger partial charge in [0.15, 0.2) is 14.1 Å². The molecule has 6 heteroatoms. The molecule has 0 aromatic rings. The SMILES string of the molecule is C=C1[C@@H](O[Si](C)(C)C(C)(C)C)C[C@H](OCOC)[C@@H]2OC(C)(C)O[C@H]12. The second-order valence-electron chi connectivity index (χ2n) is 8.81. The van der Waals surface area contributed by atoms with Gasteiger partial charge in [-0.3, -0.25) is 0 Å². The lowest BCUT2D eigenvalue weighted by Crippen LogP contribution is -2.52. The Morgan fingerprint density at radius 1 is 1.25 bits per heavy atom. The molecule has 5 nitrogen and oxygen atoms in total. The Morgan fingerprint density at radius 3 is 2.42 bits per heavy atom. The molecule has 140 valence electrons. The van der Waals surface area contributed by atoms with Crippen molar-refractivity contribution in [1.82, 2.24) is 0 Å². The second kappa shape index (κ2) is 6.82. The zero-order valence-electron chi connectivity index (χ0n) is 16.5. The van der Waals surface area contributed by atoms with Gasteiger partial charge in [-0.15, -0.1) is 0 Å². The first kappa shape index (κ1) is 20.1. The monoisotopic (exact) mass is 358 g/mol. The molecule has 2 rings (SSSR count). The van der Waals surface area contributed by atoms with E-state index < -0.39 is 14.1 Å². The molecule has 0 amide bonds. The normalized spacial score (nSPS) is 33.6. The topological polar surface area (TPSA) is 46.2 Å². The minimum Gasteiger partial charge on any atom is -0.410 e. The van der Waals surface area contributed by atoms with Crippen molar-refractivity contribution >= 4 is 8.32 Å². The molecule has 24 heavy (non-hydrogen) atoms. The van der Waals surface area contributed by atoms with E-state index in [1.165, 1.54) is 0 Å². The third-order valence-electron chi connectivity index (χ3n) is 5.36. The van der Waals surface area contributed by atoms with Crippen LogP contribution in [0.2, 0.25) is 18.1 Å². The van der Waals surface area contributed by atoms with Crippen molar-refractivity contribution in [2.45, 2.75) is 89.4 Å². The zero-order valence-corrected chi connectivity index (χ0v) is 17.5. The van der Waals surface area contributed by atoms with E-state index in [1.807, 2.05) is 13.8 Å². The summed E-state index contributed by atoms with van der Waals surface area (Å²) in [6.07, 6.45) is 0.144. The molecule has 1 saturated heterocycles. The fraction of sp³-hybridized carbons (Fsp3) is 0.889. The van der Waals surface area contributed by atoms with Crippen LogP contribution in [0.4, 0.5) is 0 Å². The van der Waals surface area contributed by atoms with Crippen molar-refractivity contribution in [1.29, 1.82) is 0 Å². The summed E-state index contributed by atoms with van der Waals surface area (Å²) in [4.78, 5) is 0. The van der Waals surface area contributed by atoms with E-state index in [1.54, 1.807) is 7.11 Å². The number of hydrogen-bond donors (Lipinski definition) is 0. The van der Waals surface area contributed by atoms with Crippen LogP contribution in [0.1, 0.15) is 41.0 Å². The molecule has 1 aliphatic carbocycles. The molecule has 0 radical (unpaired) electrons. The van der Waals surface area contributed by atoms with Gasteiger partial charge in [0, 0.05) is 13.5 Å². The summed E-state index contributed by atoms with van der Waals surface area (Å²) >= 11 is 0. The van der Waals surface area contributed by atoms with E-state index in [-0.39, 0.29) is 36.2 Å². The van der Waals surface area contributed by atoms with Crippen LogP contribution in [-0.4, -0.2) is 52.4 Å². The largest absolute Gasteiger partial charge is 0.410 e. The van der Waals surface area contributed by atoms with Gasteiger partial charge in [0.05, 0.1) is 12.2 Å². The maximum atomic E-state index is 6.63. The minimum atomic E-state index is -1.92. The average Bonchev–Trinajstić information content (AvgIpc) is 2.75. The molecule has 0 aromatic heterocycles. The van der Waals surface area contributed by atoms with E-state index >= 15 is 0 Å². The molecule has 0 unspecified atom stereocenters.